The SMILES string of the molecule is Cc1ccc(COc2c(Br)cc(/C=C(\C#N)C(=O)Nc3cccc(Cl)c3)cc2I)cc1. The molecule has 0 spiro atoms. The lowest BCUT2D eigenvalue weighted by atomic mass is 10.1. The van der Waals surface area contributed by atoms with Gasteiger partial charge in [0.2, 0.25) is 0 Å². The van der Waals surface area contributed by atoms with Crippen molar-refractivity contribution in [3.05, 3.63) is 96.0 Å². The first-order valence-corrected chi connectivity index (χ1v) is 11.5. The topological polar surface area (TPSA) is 62.1 Å². The second-order valence-electron chi connectivity index (χ2n) is 6.72. The largest absolute Gasteiger partial charge is 0.487 e. The van der Waals surface area contributed by atoms with Gasteiger partial charge >= 0.3 is 0 Å². The molecule has 31 heavy (non-hydrogen) atoms. The molecular formula is C24H17BrClIN2O2. The van der Waals surface area contributed by atoms with E-state index in [4.69, 9.17) is 16.3 Å². The number of ether oxygens (including phenoxy) is 1. The first-order chi connectivity index (χ1) is 14.9. The fourth-order valence-corrected chi connectivity index (χ4v) is 4.68. The summed E-state index contributed by atoms with van der Waals surface area (Å²) in [5.41, 5.74) is 3.48. The number of benzene rings is 3. The molecule has 7 heteroatoms. The van der Waals surface area contributed by atoms with E-state index < -0.39 is 5.91 Å². The highest BCUT2D eigenvalue weighted by molar-refractivity contribution is 14.1. The zero-order valence-corrected chi connectivity index (χ0v) is 21.0. The number of halogens is 3. The standard InChI is InChI=1S/C24H17BrClIN2O2/c1-15-5-7-16(8-6-15)14-31-23-21(25)10-17(11-22(23)27)9-18(13-28)24(30)29-20-4-2-3-19(26)12-20/h2-12H,14H2,1H3,(H,29,30)/b18-9+. The van der Waals surface area contributed by atoms with E-state index in [1.165, 1.54) is 11.6 Å². The van der Waals surface area contributed by atoms with Crippen LogP contribution < -0.4 is 10.1 Å². The number of nitriles is 1. The van der Waals surface area contributed by atoms with Gasteiger partial charge in [-0.25, -0.2) is 0 Å². The molecule has 0 heterocycles. The molecule has 0 aliphatic rings. The summed E-state index contributed by atoms with van der Waals surface area (Å²) < 4.78 is 7.59. The van der Waals surface area contributed by atoms with Crippen molar-refractivity contribution in [3.8, 4) is 11.8 Å². The number of anilines is 1. The molecule has 0 unspecified atom stereocenters. The Bertz CT molecular complexity index is 1160. The fraction of sp³-hybridized carbons (Fsp3) is 0.0833. The van der Waals surface area contributed by atoms with Crippen LogP contribution in [0.1, 0.15) is 16.7 Å². The van der Waals surface area contributed by atoms with Gasteiger partial charge in [0.05, 0.1) is 8.04 Å². The third-order valence-corrected chi connectivity index (χ3v) is 5.91. The van der Waals surface area contributed by atoms with Gasteiger partial charge in [-0.15, -0.1) is 0 Å². The lowest BCUT2D eigenvalue weighted by Gasteiger charge is -2.12. The first-order valence-electron chi connectivity index (χ1n) is 9.22. The molecule has 0 aliphatic carbocycles. The van der Waals surface area contributed by atoms with Crippen molar-refractivity contribution in [2.45, 2.75) is 13.5 Å². The van der Waals surface area contributed by atoms with Crippen LogP contribution >= 0.6 is 50.1 Å². The van der Waals surface area contributed by atoms with E-state index in [0.717, 1.165) is 13.6 Å². The highest BCUT2D eigenvalue weighted by Gasteiger charge is 2.13. The van der Waals surface area contributed by atoms with E-state index in [2.05, 4.69) is 43.8 Å². The predicted molar refractivity (Wildman–Crippen MR) is 136 cm³/mol. The van der Waals surface area contributed by atoms with E-state index in [0.29, 0.717) is 28.6 Å². The van der Waals surface area contributed by atoms with Crippen LogP contribution in [0.5, 0.6) is 5.75 Å². The lowest BCUT2D eigenvalue weighted by molar-refractivity contribution is -0.112. The summed E-state index contributed by atoms with van der Waals surface area (Å²) in [5.74, 6) is 0.204. The van der Waals surface area contributed by atoms with Crippen LogP contribution in [-0.4, -0.2) is 5.91 Å². The van der Waals surface area contributed by atoms with Crippen molar-refractivity contribution in [2.75, 3.05) is 5.32 Å². The van der Waals surface area contributed by atoms with Crippen molar-refractivity contribution in [1.29, 1.82) is 5.26 Å². The average molecular weight is 608 g/mol. The fourth-order valence-electron chi connectivity index (χ4n) is 2.72. The highest BCUT2D eigenvalue weighted by Crippen LogP contribution is 2.33. The van der Waals surface area contributed by atoms with Crippen LogP contribution in [-0.2, 0) is 11.4 Å². The number of rotatable bonds is 6. The maximum Gasteiger partial charge on any atom is 0.266 e. The Balaban J connectivity index is 1.76. The van der Waals surface area contributed by atoms with Gasteiger partial charge in [0, 0.05) is 10.7 Å². The number of nitrogens with zero attached hydrogens (tertiary/aromatic N) is 1. The summed E-state index contributed by atoms with van der Waals surface area (Å²) >= 11 is 11.7. The maximum absolute atomic E-state index is 12.5. The quantitative estimate of drug-likeness (QED) is 0.184. The van der Waals surface area contributed by atoms with Crippen LogP contribution in [0.25, 0.3) is 6.08 Å². The van der Waals surface area contributed by atoms with Crippen LogP contribution in [0.2, 0.25) is 5.02 Å². The Morgan fingerprint density at radius 2 is 1.97 bits per heavy atom. The molecule has 3 aromatic carbocycles. The first kappa shape index (κ1) is 23.3. The molecule has 156 valence electrons. The predicted octanol–water partition coefficient (Wildman–Crippen LogP) is 7.14. The molecule has 3 aromatic rings. The van der Waals surface area contributed by atoms with Crippen LogP contribution in [0, 0.1) is 21.8 Å². The number of hydrogen-bond donors (Lipinski definition) is 1. The van der Waals surface area contributed by atoms with E-state index in [9.17, 15) is 10.1 Å². The number of aryl methyl sites for hydroxylation is 1. The van der Waals surface area contributed by atoms with Crippen LogP contribution in [0.4, 0.5) is 5.69 Å². The van der Waals surface area contributed by atoms with E-state index in [1.807, 2.05) is 49.4 Å². The number of nitrogens with one attached hydrogen (secondary N) is 1. The molecule has 0 atom stereocenters. The summed E-state index contributed by atoms with van der Waals surface area (Å²) in [6.07, 6.45) is 1.54. The molecular weight excluding hydrogens is 591 g/mol. The lowest BCUT2D eigenvalue weighted by Crippen LogP contribution is -2.13. The van der Waals surface area contributed by atoms with Crippen LogP contribution in [0.15, 0.2) is 70.7 Å². The Kier molecular flexibility index (Phi) is 8.13. The summed E-state index contributed by atoms with van der Waals surface area (Å²) in [6, 6.07) is 20.6. The monoisotopic (exact) mass is 606 g/mol. The van der Waals surface area contributed by atoms with Crippen molar-refractivity contribution < 1.29 is 9.53 Å². The smallest absolute Gasteiger partial charge is 0.266 e. The van der Waals surface area contributed by atoms with E-state index in [1.54, 1.807) is 24.3 Å². The zero-order valence-electron chi connectivity index (χ0n) is 16.5. The second-order valence-corrected chi connectivity index (χ2v) is 9.18. The van der Waals surface area contributed by atoms with Gasteiger partial charge in [-0.2, -0.15) is 5.26 Å². The number of hydrogen-bond acceptors (Lipinski definition) is 3. The van der Waals surface area contributed by atoms with E-state index in [-0.39, 0.29) is 5.57 Å². The normalized spacial score (nSPS) is 11.0. The Morgan fingerprint density at radius 1 is 1.23 bits per heavy atom. The average Bonchev–Trinajstić information content (AvgIpc) is 2.72. The molecule has 0 aliphatic heterocycles. The van der Waals surface area contributed by atoms with Gasteiger partial charge in [0.25, 0.3) is 5.91 Å². The number of carbonyl (C=O) groups excluding carboxylic acids is 1. The third kappa shape index (κ3) is 6.57. The molecule has 1 amide bonds. The van der Waals surface area contributed by atoms with Crippen LogP contribution in [0.3, 0.4) is 0 Å². The Labute approximate surface area is 208 Å². The molecule has 0 saturated carbocycles. The highest BCUT2D eigenvalue weighted by atomic mass is 127. The molecule has 3 rings (SSSR count). The minimum absolute atomic E-state index is 0.0176. The van der Waals surface area contributed by atoms with Gasteiger partial charge in [0.15, 0.2) is 0 Å². The van der Waals surface area contributed by atoms with Gasteiger partial charge < -0.3 is 10.1 Å². The van der Waals surface area contributed by atoms with E-state index >= 15 is 0 Å². The van der Waals surface area contributed by atoms with Crippen molar-refractivity contribution in [1.82, 2.24) is 0 Å². The Hall–Kier alpha value is -2.34. The van der Waals surface area contributed by atoms with Gasteiger partial charge in [-0.05, 0) is 93.0 Å². The third-order valence-electron chi connectivity index (χ3n) is 4.28. The number of carbonyl (C=O) groups is 1. The summed E-state index contributed by atoms with van der Waals surface area (Å²) in [7, 11) is 0. The zero-order chi connectivity index (χ0) is 22.4. The summed E-state index contributed by atoms with van der Waals surface area (Å²) in [5, 5.41) is 12.7. The van der Waals surface area contributed by atoms with Crippen molar-refractivity contribution in [3.63, 3.8) is 0 Å². The Morgan fingerprint density at radius 3 is 2.61 bits per heavy atom. The van der Waals surface area contributed by atoms with Crippen molar-refractivity contribution in [2.24, 2.45) is 0 Å². The molecule has 0 radical (unpaired) electrons. The second kappa shape index (κ2) is 10.8. The molecule has 0 bridgehead atoms. The maximum atomic E-state index is 12.5. The molecule has 1 N–H and O–H groups in total. The summed E-state index contributed by atoms with van der Waals surface area (Å²) in [4.78, 5) is 12.5. The summed E-state index contributed by atoms with van der Waals surface area (Å²) in [6.45, 7) is 2.48. The minimum Gasteiger partial charge on any atom is -0.487 e. The van der Waals surface area contributed by atoms with Gasteiger partial charge in [0.1, 0.15) is 24.0 Å². The minimum atomic E-state index is -0.504. The molecule has 0 fully saturated rings. The molecule has 0 saturated heterocycles. The van der Waals surface area contributed by atoms with Gasteiger partial charge in [-0.3, -0.25) is 4.79 Å². The molecule has 0 aromatic heterocycles. The van der Waals surface area contributed by atoms with Gasteiger partial charge in [-0.1, -0.05) is 47.5 Å². The number of amides is 1. The van der Waals surface area contributed by atoms with Crippen molar-refractivity contribution >= 4 is 67.8 Å². The molecule has 4 nitrogen and oxygen atoms in total.